The van der Waals surface area contributed by atoms with Gasteiger partial charge in [-0.25, -0.2) is 9.97 Å². The predicted molar refractivity (Wildman–Crippen MR) is 155 cm³/mol. The molecular weight excluding hydrogens is 484 g/mol. The number of anilines is 4. The molecule has 4 aliphatic rings. The molecule has 7 heteroatoms. The minimum Gasteiger partial charge on any atom is -0.454 e. The maximum absolute atomic E-state index is 6.61. The lowest BCUT2D eigenvalue weighted by Crippen LogP contribution is -2.58. The van der Waals surface area contributed by atoms with Gasteiger partial charge in [-0.15, -0.1) is 0 Å². The largest absolute Gasteiger partial charge is 0.454 e. The van der Waals surface area contributed by atoms with Crippen LogP contribution < -0.4 is 14.7 Å². The highest BCUT2D eigenvalue weighted by Gasteiger charge is 2.56. The van der Waals surface area contributed by atoms with Crippen LogP contribution in [0.25, 0.3) is 27.5 Å². The summed E-state index contributed by atoms with van der Waals surface area (Å²) < 4.78 is 6.61. The first kappa shape index (κ1) is 21.2. The molecule has 5 aromatic rings. The maximum atomic E-state index is 6.61. The van der Waals surface area contributed by atoms with E-state index in [2.05, 4.69) is 106 Å². The summed E-state index contributed by atoms with van der Waals surface area (Å²) in [6.45, 7) is 4.80. The number of hydrogen-bond donors (Lipinski definition) is 0. The number of furan rings is 1. The Morgan fingerprint density at radius 3 is 2.64 bits per heavy atom. The third-order valence-electron chi connectivity index (χ3n) is 9.21. The molecule has 0 fully saturated rings. The second-order valence-electron chi connectivity index (χ2n) is 11.0. The zero-order valence-electron chi connectivity index (χ0n) is 21.7. The van der Waals surface area contributed by atoms with E-state index in [1.807, 2.05) is 12.3 Å². The molecule has 0 saturated heterocycles. The fraction of sp³-hybridized carbons (Fsp3) is 0.188. The van der Waals surface area contributed by atoms with E-state index in [9.17, 15) is 0 Å². The average molecular weight is 511 g/mol. The van der Waals surface area contributed by atoms with Gasteiger partial charge in [0.25, 0.3) is 0 Å². The first-order valence-electron chi connectivity index (χ1n) is 13.4. The number of fused-ring (bicyclic) bond motifs is 16. The fourth-order valence-corrected chi connectivity index (χ4v) is 7.65. The SMILES string of the molecule is C=C1c2ccccc2N2c3ncncc3N(C)C2C2C1c1ccc3c(oc4ccccc43)c1N1C=CN(C)C21. The molecule has 0 amide bonds. The number of rotatable bonds is 0. The molecule has 0 aliphatic carbocycles. The van der Waals surface area contributed by atoms with Crippen molar-refractivity contribution in [3.63, 3.8) is 0 Å². The van der Waals surface area contributed by atoms with Crippen molar-refractivity contribution in [1.29, 1.82) is 0 Å². The van der Waals surface area contributed by atoms with Gasteiger partial charge in [-0.3, -0.25) is 0 Å². The zero-order valence-corrected chi connectivity index (χ0v) is 21.7. The van der Waals surface area contributed by atoms with Crippen LogP contribution in [0.3, 0.4) is 0 Å². The topological polar surface area (TPSA) is 51.9 Å². The smallest absolute Gasteiger partial charge is 0.161 e. The molecule has 0 bridgehead atoms. The van der Waals surface area contributed by atoms with Gasteiger partial charge in [0, 0.05) is 54.7 Å². The van der Waals surface area contributed by atoms with Crippen LogP contribution in [0.2, 0.25) is 0 Å². The van der Waals surface area contributed by atoms with E-state index in [4.69, 9.17) is 16.0 Å². The molecule has 0 N–H and O–H groups in total. The van der Waals surface area contributed by atoms with E-state index in [-0.39, 0.29) is 24.2 Å². The van der Waals surface area contributed by atoms with Crippen molar-refractivity contribution in [3.05, 3.63) is 103 Å². The van der Waals surface area contributed by atoms with Gasteiger partial charge in [0.1, 0.15) is 29.9 Å². The molecule has 4 atom stereocenters. The first-order chi connectivity index (χ1) is 19.1. The maximum Gasteiger partial charge on any atom is 0.161 e. The van der Waals surface area contributed by atoms with E-state index >= 15 is 0 Å². The third kappa shape index (κ3) is 2.48. The number of benzene rings is 3. The Morgan fingerprint density at radius 2 is 1.72 bits per heavy atom. The van der Waals surface area contributed by atoms with Crippen LogP contribution in [-0.4, -0.2) is 41.3 Å². The van der Waals surface area contributed by atoms with Crippen LogP contribution in [0.4, 0.5) is 22.9 Å². The molecule has 2 aromatic heterocycles. The molecule has 0 radical (unpaired) electrons. The summed E-state index contributed by atoms with van der Waals surface area (Å²) in [6.07, 6.45) is 8.05. The Labute approximate surface area is 225 Å². The number of aromatic nitrogens is 2. The molecule has 3 aromatic carbocycles. The normalized spacial score (nSPS) is 24.4. The van der Waals surface area contributed by atoms with Gasteiger partial charge in [-0.05, 0) is 23.3 Å². The number of allylic oxidation sites excluding steroid dienone is 1. The number of nitrogens with zero attached hydrogens (tertiary/aromatic N) is 6. The summed E-state index contributed by atoms with van der Waals surface area (Å²) in [4.78, 5) is 18.7. The molecule has 0 spiro atoms. The summed E-state index contributed by atoms with van der Waals surface area (Å²) in [7, 11) is 4.35. The van der Waals surface area contributed by atoms with E-state index in [1.165, 1.54) is 5.56 Å². The van der Waals surface area contributed by atoms with Crippen molar-refractivity contribution in [2.75, 3.05) is 28.8 Å². The van der Waals surface area contributed by atoms with E-state index in [0.717, 1.165) is 56.0 Å². The molecule has 4 unspecified atom stereocenters. The van der Waals surface area contributed by atoms with Crippen molar-refractivity contribution in [2.24, 2.45) is 5.92 Å². The lowest BCUT2D eigenvalue weighted by molar-refractivity contribution is 0.204. The molecule has 39 heavy (non-hydrogen) atoms. The Kier molecular flexibility index (Phi) is 3.91. The highest BCUT2D eigenvalue weighted by molar-refractivity contribution is 6.10. The van der Waals surface area contributed by atoms with Gasteiger partial charge >= 0.3 is 0 Å². The van der Waals surface area contributed by atoms with Gasteiger partial charge in [0.05, 0.1) is 17.6 Å². The highest BCUT2D eigenvalue weighted by Crippen LogP contribution is 2.60. The summed E-state index contributed by atoms with van der Waals surface area (Å²) in [5.41, 5.74) is 8.71. The summed E-state index contributed by atoms with van der Waals surface area (Å²) in [5.74, 6) is 1.14. The van der Waals surface area contributed by atoms with Crippen LogP contribution >= 0.6 is 0 Å². The second-order valence-corrected chi connectivity index (χ2v) is 11.0. The van der Waals surface area contributed by atoms with Crippen molar-refractivity contribution < 1.29 is 4.42 Å². The Balaban J connectivity index is 1.38. The molecule has 4 aliphatic heterocycles. The molecule has 7 nitrogen and oxygen atoms in total. The third-order valence-corrected chi connectivity index (χ3v) is 9.21. The van der Waals surface area contributed by atoms with E-state index < -0.39 is 0 Å². The van der Waals surface area contributed by atoms with Crippen molar-refractivity contribution >= 4 is 50.4 Å². The molecular formula is C32H26N6O. The van der Waals surface area contributed by atoms with Gasteiger partial charge < -0.3 is 24.0 Å². The van der Waals surface area contributed by atoms with Gasteiger partial charge in [0.15, 0.2) is 11.4 Å². The van der Waals surface area contributed by atoms with Crippen LogP contribution in [-0.2, 0) is 0 Å². The highest BCUT2D eigenvalue weighted by atomic mass is 16.3. The Morgan fingerprint density at radius 1 is 0.872 bits per heavy atom. The van der Waals surface area contributed by atoms with Gasteiger partial charge in [0.2, 0.25) is 0 Å². The van der Waals surface area contributed by atoms with Crippen molar-refractivity contribution in [3.8, 4) is 0 Å². The van der Waals surface area contributed by atoms with Crippen molar-refractivity contribution in [1.82, 2.24) is 14.9 Å². The molecule has 0 saturated carbocycles. The van der Waals surface area contributed by atoms with Gasteiger partial charge in [-0.1, -0.05) is 55.1 Å². The minimum atomic E-state index is 0.0106. The van der Waals surface area contributed by atoms with Gasteiger partial charge in [-0.2, -0.15) is 0 Å². The Bertz CT molecular complexity index is 1890. The van der Waals surface area contributed by atoms with Crippen LogP contribution in [0, 0.1) is 5.92 Å². The van der Waals surface area contributed by atoms with Crippen LogP contribution in [0.5, 0.6) is 0 Å². The fourth-order valence-electron chi connectivity index (χ4n) is 7.65. The quantitative estimate of drug-likeness (QED) is 0.243. The molecule has 190 valence electrons. The zero-order chi connectivity index (χ0) is 26.0. The number of hydrogen-bond acceptors (Lipinski definition) is 7. The Hall–Kier alpha value is -4.78. The van der Waals surface area contributed by atoms with E-state index in [1.54, 1.807) is 6.33 Å². The minimum absolute atomic E-state index is 0.0106. The van der Waals surface area contributed by atoms with E-state index in [0.29, 0.717) is 0 Å². The summed E-state index contributed by atoms with van der Waals surface area (Å²) >= 11 is 0. The lowest BCUT2D eigenvalue weighted by Gasteiger charge is -2.50. The monoisotopic (exact) mass is 510 g/mol. The molecule has 6 heterocycles. The first-order valence-corrected chi connectivity index (χ1v) is 13.4. The average Bonchev–Trinajstić information content (AvgIpc) is 3.61. The van der Waals surface area contributed by atoms with Crippen LogP contribution in [0.1, 0.15) is 17.0 Å². The summed E-state index contributed by atoms with van der Waals surface area (Å²) in [5, 5.41) is 2.29. The lowest BCUT2D eigenvalue weighted by atomic mass is 9.72. The van der Waals surface area contributed by atoms with Crippen molar-refractivity contribution in [2.45, 2.75) is 18.2 Å². The predicted octanol–water partition coefficient (Wildman–Crippen LogP) is 6.28. The van der Waals surface area contributed by atoms with Crippen LogP contribution in [0.15, 0.2) is 96.6 Å². The second kappa shape index (κ2) is 7.20. The standard InChI is InChI=1S/C32H26N6O/c1-18-19-8-4-6-10-23(19)38-30-24(16-33-17-34-30)36(3)32(38)27-26(18)22-13-12-21-20-9-5-7-11-25(20)39-29(21)28(22)37-15-14-35(2)31(27)37/h4-17,26-27,31-32H,1H2,2-3H3. The molecule has 9 rings (SSSR count). The number of para-hydroxylation sites is 2. The summed E-state index contributed by atoms with van der Waals surface area (Å²) in [6, 6.07) is 21.5.